The molecule has 0 aromatic rings. The van der Waals surface area contributed by atoms with Crippen molar-refractivity contribution < 1.29 is 23.9 Å². The third kappa shape index (κ3) is 3.60. The summed E-state index contributed by atoms with van der Waals surface area (Å²) in [5.41, 5.74) is 0. The summed E-state index contributed by atoms with van der Waals surface area (Å²) in [6.07, 6.45) is 6.85. The molecule has 3 aliphatic rings. The van der Waals surface area contributed by atoms with Gasteiger partial charge in [-0.15, -0.1) is 0 Å². The van der Waals surface area contributed by atoms with E-state index in [0.29, 0.717) is 12.8 Å². The molecular weight excluding hydrogens is 300 g/mol. The van der Waals surface area contributed by atoms with Crippen LogP contribution in [-0.2, 0) is 23.9 Å². The molecule has 2 fully saturated rings. The number of fused-ring (bicyclic) bond motifs is 1. The van der Waals surface area contributed by atoms with Gasteiger partial charge in [-0.1, -0.05) is 12.2 Å². The molecule has 0 aromatic heterocycles. The van der Waals surface area contributed by atoms with Gasteiger partial charge in [0.15, 0.2) is 6.61 Å². The fourth-order valence-electron chi connectivity index (χ4n) is 3.01. The minimum atomic E-state index is -0.579. The molecular formula is C16H20N2O5. The summed E-state index contributed by atoms with van der Waals surface area (Å²) < 4.78 is 4.87. The van der Waals surface area contributed by atoms with Crippen LogP contribution in [0.15, 0.2) is 12.2 Å². The number of carbonyl (C=O) groups excluding carboxylic acids is 4. The van der Waals surface area contributed by atoms with Crippen molar-refractivity contribution >= 4 is 23.7 Å². The van der Waals surface area contributed by atoms with Crippen LogP contribution < -0.4 is 5.32 Å². The minimum absolute atomic E-state index is 0.0216. The number of hydrogen-bond donors (Lipinski definition) is 1. The van der Waals surface area contributed by atoms with Crippen LogP contribution in [0.2, 0.25) is 0 Å². The molecule has 7 nitrogen and oxygen atoms in total. The maximum Gasteiger partial charge on any atom is 0.308 e. The Balaban J connectivity index is 1.42. The Morgan fingerprint density at radius 3 is 2.30 bits per heavy atom. The highest BCUT2D eigenvalue weighted by Gasteiger charge is 2.46. The van der Waals surface area contributed by atoms with Crippen LogP contribution in [0.4, 0.5) is 0 Å². The van der Waals surface area contributed by atoms with Gasteiger partial charge in [-0.05, 0) is 25.7 Å². The highest BCUT2D eigenvalue weighted by atomic mass is 16.5. The molecule has 0 spiro atoms. The largest absolute Gasteiger partial charge is 0.456 e. The number of carbonyl (C=O) groups is 4. The number of nitrogens with one attached hydrogen (secondary N) is 1. The predicted octanol–water partition coefficient (Wildman–Crippen LogP) is 0.150. The number of esters is 1. The van der Waals surface area contributed by atoms with E-state index < -0.39 is 5.97 Å². The predicted molar refractivity (Wildman–Crippen MR) is 78.8 cm³/mol. The number of allylic oxidation sites excluding steroid dienone is 2. The van der Waals surface area contributed by atoms with Crippen LogP contribution in [0.1, 0.15) is 32.1 Å². The van der Waals surface area contributed by atoms with Crippen LogP contribution in [-0.4, -0.2) is 47.8 Å². The molecule has 0 bridgehead atoms. The van der Waals surface area contributed by atoms with E-state index in [9.17, 15) is 19.2 Å². The van der Waals surface area contributed by atoms with E-state index >= 15 is 0 Å². The van der Waals surface area contributed by atoms with E-state index in [4.69, 9.17) is 4.74 Å². The third-order valence-electron chi connectivity index (χ3n) is 4.45. The van der Waals surface area contributed by atoms with Gasteiger partial charge in [-0.3, -0.25) is 24.1 Å². The molecule has 23 heavy (non-hydrogen) atoms. The van der Waals surface area contributed by atoms with Crippen molar-refractivity contribution in [3.8, 4) is 0 Å². The number of imide groups is 1. The average Bonchev–Trinajstić information content (AvgIpc) is 3.32. The Labute approximate surface area is 134 Å². The van der Waals surface area contributed by atoms with Crippen molar-refractivity contribution in [2.24, 2.45) is 11.8 Å². The molecule has 0 unspecified atom stereocenters. The van der Waals surface area contributed by atoms with Gasteiger partial charge in [0.25, 0.3) is 5.91 Å². The van der Waals surface area contributed by atoms with Gasteiger partial charge < -0.3 is 10.1 Å². The Kier molecular flexibility index (Phi) is 4.45. The normalized spacial score (nSPS) is 26.2. The topological polar surface area (TPSA) is 92.8 Å². The van der Waals surface area contributed by atoms with E-state index in [1.807, 2.05) is 12.2 Å². The first-order valence-corrected chi connectivity index (χ1v) is 8.01. The molecule has 7 heteroatoms. The molecule has 0 aromatic carbocycles. The number of hydrogen-bond acceptors (Lipinski definition) is 5. The van der Waals surface area contributed by atoms with E-state index in [1.54, 1.807) is 0 Å². The van der Waals surface area contributed by atoms with Crippen LogP contribution in [0.3, 0.4) is 0 Å². The molecule has 1 aliphatic heterocycles. The Morgan fingerprint density at radius 2 is 1.74 bits per heavy atom. The second-order valence-electron chi connectivity index (χ2n) is 6.24. The second kappa shape index (κ2) is 6.52. The van der Waals surface area contributed by atoms with Crippen molar-refractivity contribution in [2.75, 3.05) is 13.2 Å². The van der Waals surface area contributed by atoms with Crippen LogP contribution >= 0.6 is 0 Å². The summed E-state index contributed by atoms with van der Waals surface area (Å²) in [5.74, 6) is -1.87. The summed E-state index contributed by atoms with van der Waals surface area (Å²) in [5, 5.41) is 2.71. The molecule has 2 atom stereocenters. The number of likely N-dealkylation sites (tertiary alicyclic amines) is 1. The standard InChI is InChI=1S/C16H20N2O5/c19-13(17-10-5-6-10)9-23-14(20)7-8-18-15(21)11-3-1-2-4-12(11)16(18)22/h1-2,10-12H,3-9H2,(H,17,19)/t11-,12-/m1/s1. The lowest BCUT2D eigenvalue weighted by Crippen LogP contribution is -2.34. The highest BCUT2D eigenvalue weighted by Crippen LogP contribution is 2.34. The van der Waals surface area contributed by atoms with Gasteiger partial charge in [-0.2, -0.15) is 0 Å². The third-order valence-corrected chi connectivity index (χ3v) is 4.45. The van der Waals surface area contributed by atoms with E-state index in [0.717, 1.165) is 17.7 Å². The molecule has 1 saturated heterocycles. The Bertz CT molecular complexity index is 541. The van der Waals surface area contributed by atoms with Gasteiger partial charge >= 0.3 is 5.97 Å². The average molecular weight is 320 g/mol. The lowest BCUT2D eigenvalue weighted by molar-refractivity contribution is -0.150. The van der Waals surface area contributed by atoms with E-state index in [-0.39, 0.29) is 55.2 Å². The second-order valence-corrected chi connectivity index (χ2v) is 6.24. The Hall–Kier alpha value is -2.18. The SMILES string of the molecule is O=C(COC(=O)CCN1C(=O)[C@@H]2CC=CC[C@H]2C1=O)NC1CC1. The highest BCUT2D eigenvalue weighted by molar-refractivity contribution is 6.05. The molecule has 1 N–H and O–H groups in total. The van der Waals surface area contributed by atoms with Gasteiger partial charge in [-0.25, -0.2) is 0 Å². The molecule has 3 rings (SSSR count). The summed E-state index contributed by atoms with van der Waals surface area (Å²) in [6.45, 7) is -0.292. The molecule has 0 radical (unpaired) electrons. The van der Waals surface area contributed by atoms with Crippen molar-refractivity contribution in [1.29, 1.82) is 0 Å². The van der Waals surface area contributed by atoms with Crippen molar-refractivity contribution in [2.45, 2.75) is 38.1 Å². The molecule has 2 aliphatic carbocycles. The monoisotopic (exact) mass is 320 g/mol. The quantitative estimate of drug-likeness (QED) is 0.427. The summed E-state index contributed by atoms with van der Waals surface area (Å²) in [7, 11) is 0. The van der Waals surface area contributed by atoms with Crippen LogP contribution in [0.25, 0.3) is 0 Å². The summed E-state index contributed by atoms with van der Waals surface area (Å²) >= 11 is 0. The minimum Gasteiger partial charge on any atom is -0.456 e. The first-order valence-electron chi connectivity index (χ1n) is 8.01. The molecule has 124 valence electrons. The van der Waals surface area contributed by atoms with Gasteiger partial charge in [0.1, 0.15) is 0 Å². The zero-order valence-corrected chi connectivity index (χ0v) is 12.8. The van der Waals surface area contributed by atoms with E-state index in [1.165, 1.54) is 0 Å². The number of nitrogens with zero attached hydrogens (tertiary/aromatic N) is 1. The van der Waals surface area contributed by atoms with Gasteiger partial charge in [0, 0.05) is 12.6 Å². The maximum atomic E-state index is 12.2. The van der Waals surface area contributed by atoms with Crippen molar-refractivity contribution in [1.82, 2.24) is 10.2 Å². The van der Waals surface area contributed by atoms with Crippen LogP contribution in [0, 0.1) is 11.8 Å². The zero-order chi connectivity index (χ0) is 16.4. The van der Waals surface area contributed by atoms with Crippen molar-refractivity contribution in [3.05, 3.63) is 12.2 Å². The van der Waals surface area contributed by atoms with Gasteiger partial charge in [0.05, 0.1) is 18.3 Å². The fourth-order valence-corrected chi connectivity index (χ4v) is 3.01. The fraction of sp³-hybridized carbons (Fsp3) is 0.625. The number of rotatable bonds is 6. The van der Waals surface area contributed by atoms with Gasteiger partial charge in [0.2, 0.25) is 11.8 Å². The summed E-state index contributed by atoms with van der Waals surface area (Å²) in [4.78, 5) is 48.7. The molecule has 3 amide bonds. The Morgan fingerprint density at radius 1 is 1.13 bits per heavy atom. The zero-order valence-electron chi connectivity index (χ0n) is 12.8. The van der Waals surface area contributed by atoms with Crippen LogP contribution in [0.5, 0.6) is 0 Å². The smallest absolute Gasteiger partial charge is 0.308 e. The first kappa shape index (κ1) is 15.7. The lowest BCUT2D eigenvalue weighted by atomic mass is 9.85. The van der Waals surface area contributed by atoms with Crippen molar-refractivity contribution in [3.63, 3.8) is 0 Å². The summed E-state index contributed by atoms with van der Waals surface area (Å²) in [6, 6.07) is 0.220. The first-order chi connectivity index (χ1) is 11.1. The molecule has 1 saturated carbocycles. The maximum absolute atomic E-state index is 12.2. The molecule has 1 heterocycles. The number of amides is 3. The number of ether oxygens (including phenoxy) is 1. The van der Waals surface area contributed by atoms with E-state index in [2.05, 4.69) is 5.32 Å². The lowest BCUT2D eigenvalue weighted by Gasteiger charge is -2.14.